The lowest BCUT2D eigenvalue weighted by Gasteiger charge is -2.09. The highest BCUT2D eigenvalue weighted by Gasteiger charge is 2.13. The van der Waals surface area contributed by atoms with Gasteiger partial charge in [0.2, 0.25) is 0 Å². The first-order valence-corrected chi connectivity index (χ1v) is 5.79. The van der Waals surface area contributed by atoms with Crippen LogP contribution in [0.3, 0.4) is 0 Å². The summed E-state index contributed by atoms with van der Waals surface area (Å²) in [5.41, 5.74) is 8.34. The van der Waals surface area contributed by atoms with E-state index in [0.29, 0.717) is 17.2 Å². The molecule has 0 aliphatic heterocycles. The summed E-state index contributed by atoms with van der Waals surface area (Å²) < 4.78 is 1.61. The molecule has 0 aromatic carbocycles. The Hall–Kier alpha value is -2.44. The van der Waals surface area contributed by atoms with Gasteiger partial charge in [0.15, 0.2) is 11.5 Å². The van der Waals surface area contributed by atoms with Crippen LogP contribution in [0.2, 0.25) is 0 Å². The fraction of sp³-hybridized carbons (Fsp3) is 0.333. The third-order valence-electron chi connectivity index (χ3n) is 2.84. The van der Waals surface area contributed by atoms with Crippen molar-refractivity contribution in [2.24, 2.45) is 0 Å². The summed E-state index contributed by atoms with van der Waals surface area (Å²) in [6, 6.07) is 3.32. The van der Waals surface area contributed by atoms with E-state index in [0.717, 1.165) is 11.4 Å². The molecule has 0 unspecified atom stereocenters. The van der Waals surface area contributed by atoms with E-state index in [1.807, 2.05) is 13.8 Å². The van der Waals surface area contributed by atoms with Crippen molar-refractivity contribution in [1.82, 2.24) is 24.9 Å². The maximum atomic E-state index is 11.7. The first-order chi connectivity index (χ1) is 8.91. The molecule has 100 valence electrons. The molecule has 0 saturated carbocycles. The van der Waals surface area contributed by atoms with Crippen LogP contribution in [-0.4, -0.2) is 44.9 Å². The Labute approximate surface area is 111 Å². The van der Waals surface area contributed by atoms with E-state index in [-0.39, 0.29) is 5.91 Å². The second kappa shape index (κ2) is 4.68. The lowest BCUT2D eigenvalue weighted by molar-refractivity contribution is 0.0821. The van der Waals surface area contributed by atoms with E-state index in [9.17, 15) is 4.79 Å². The molecule has 1 amide bonds. The van der Waals surface area contributed by atoms with E-state index < -0.39 is 0 Å². The molecule has 2 aromatic heterocycles. The van der Waals surface area contributed by atoms with Gasteiger partial charge in [-0.1, -0.05) is 0 Å². The molecule has 0 radical (unpaired) electrons. The number of anilines is 1. The predicted octanol–water partition coefficient (Wildman–Crippen LogP) is 0.563. The Bertz CT molecular complexity index is 614. The molecule has 0 saturated heterocycles. The molecule has 2 rings (SSSR count). The van der Waals surface area contributed by atoms with Gasteiger partial charge in [-0.2, -0.15) is 5.10 Å². The molecule has 0 spiro atoms. The second-order valence-electron chi connectivity index (χ2n) is 4.47. The Morgan fingerprint density at radius 1 is 1.26 bits per heavy atom. The Kier molecular flexibility index (Phi) is 3.20. The third kappa shape index (κ3) is 2.26. The molecule has 0 fully saturated rings. The fourth-order valence-corrected chi connectivity index (χ4v) is 1.66. The number of rotatable bonds is 2. The maximum Gasteiger partial charge on any atom is 0.273 e. The molecule has 0 aliphatic carbocycles. The quantitative estimate of drug-likeness (QED) is 0.852. The van der Waals surface area contributed by atoms with Crippen LogP contribution in [0, 0.1) is 13.8 Å². The van der Waals surface area contributed by atoms with E-state index >= 15 is 0 Å². The summed E-state index contributed by atoms with van der Waals surface area (Å²) in [5.74, 6) is 0.347. The molecule has 7 heteroatoms. The Balaban J connectivity index is 2.38. The first-order valence-electron chi connectivity index (χ1n) is 5.79. The molecule has 0 aliphatic rings. The zero-order valence-corrected chi connectivity index (χ0v) is 11.4. The molecule has 7 nitrogen and oxygen atoms in total. The van der Waals surface area contributed by atoms with Crippen LogP contribution in [0.5, 0.6) is 0 Å². The zero-order chi connectivity index (χ0) is 14.2. The SMILES string of the molecule is Cc1nn(-c2ccc(C(=O)N(C)C)nn2)c(C)c1N. The third-order valence-corrected chi connectivity index (χ3v) is 2.84. The minimum Gasteiger partial charge on any atom is -0.396 e. The number of hydrogen-bond donors (Lipinski definition) is 1. The summed E-state index contributed by atoms with van der Waals surface area (Å²) in [7, 11) is 3.33. The number of carbonyl (C=O) groups excluding carboxylic acids is 1. The fourth-order valence-electron chi connectivity index (χ4n) is 1.66. The maximum absolute atomic E-state index is 11.7. The number of nitrogens with two attached hydrogens (primary N) is 1. The van der Waals surface area contributed by atoms with Gasteiger partial charge in [-0.05, 0) is 26.0 Å². The number of aromatic nitrogens is 4. The molecular weight excluding hydrogens is 244 g/mol. The van der Waals surface area contributed by atoms with Crippen LogP contribution in [0.25, 0.3) is 5.82 Å². The van der Waals surface area contributed by atoms with Crippen molar-refractivity contribution in [1.29, 1.82) is 0 Å². The number of nitrogen functional groups attached to an aromatic ring is 1. The Morgan fingerprint density at radius 3 is 2.37 bits per heavy atom. The van der Waals surface area contributed by atoms with Crippen LogP contribution in [-0.2, 0) is 0 Å². The van der Waals surface area contributed by atoms with E-state index in [1.165, 1.54) is 4.90 Å². The van der Waals surface area contributed by atoms with E-state index in [2.05, 4.69) is 15.3 Å². The van der Waals surface area contributed by atoms with E-state index in [1.54, 1.807) is 30.9 Å². The van der Waals surface area contributed by atoms with Gasteiger partial charge in [0, 0.05) is 14.1 Å². The summed E-state index contributed by atoms with van der Waals surface area (Å²) in [4.78, 5) is 13.1. The molecule has 0 bridgehead atoms. The van der Waals surface area contributed by atoms with Crippen LogP contribution in [0.15, 0.2) is 12.1 Å². The number of nitrogens with zero attached hydrogens (tertiary/aromatic N) is 5. The summed E-state index contributed by atoms with van der Waals surface area (Å²) >= 11 is 0. The van der Waals surface area contributed by atoms with Gasteiger partial charge < -0.3 is 10.6 Å². The van der Waals surface area contributed by atoms with Gasteiger partial charge in [0.05, 0.1) is 17.1 Å². The number of aryl methyl sites for hydroxylation is 1. The van der Waals surface area contributed by atoms with Gasteiger partial charge in [-0.3, -0.25) is 4.79 Å². The second-order valence-corrected chi connectivity index (χ2v) is 4.47. The molecule has 19 heavy (non-hydrogen) atoms. The van der Waals surface area contributed by atoms with Crippen LogP contribution in [0.1, 0.15) is 21.9 Å². The number of hydrogen-bond acceptors (Lipinski definition) is 5. The van der Waals surface area contributed by atoms with Gasteiger partial charge >= 0.3 is 0 Å². The summed E-state index contributed by atoms with van der Waals surface area (Å²) in [6.45, 7) is 3.69. The number of amides is 1. The highest BCUT2D eigenvalue weighted by molar-refractivity contribution is 5.91. The van der Waals surface area contributed by atoms with Crippen molar-refractivity contribution in [2.75, 3.05) is 19.8 Å². The van der Waals surface area contributed by atoms with Crippen molar-refractivity contribution in [3.05, 3.63) is 29.2 Å². The molecule has 2 aromatic rings. The average molecular weight is 260 g/mol. The number of carbonyl (C=O) groups is 1. The molecule has 0 atom stereocenters. The van der Waals surface area contributed by atoms with Gasteiger partial charge in [-0.25, -0.2) is 4.68 Å². The Morgan fingerprint density at radius 2 is 1.95 bits per heavy atom. The molecule has 2 N–H and O–H groups in total. The van der Waals surface area contributed by atoms with Gasteiger partial charge in [0.25, 0.3) is 5.91 Å². The summed E-state index contributed by atoms with van der Waals surface area (Å²) in [5, 5.41) is 12.2. The minimum atomic E-state index is -0.188. The topological polar surface area (TPSA) is 89.9 Å². The molecular formula is C12H16N6O. The van der Waals surface area contributed by atoms with Gasteiger partial charge in [0.1, 0.15) is 0 Å². The zero-order valence-electron chi connectivity index (χ0n) is 11.4. The largest absolute Gasteiger partial charge is 0.396 e. The van der Waals surface area contributed by atoms with Crippen LogP contribution >= 0.6 is 0 Å². The van der Waals surface area contributed by atoms with E-state index in [4.69, 9.17) is 5.73 Å². The molecule has 2 heterocycles. The minimum absolute atomic E-state index is 0.188. The standard InChI is InChI=1S/C12H16N6O/c1-7-11(13)8(2)18(16-7)10-6-5-9(14-15-10)12(19)17(3)4/h5-6H,13H2,1-4H3. The predicted molar refractivity (Wildman–Crippen MR) is 71.1 cm³/mol. The van der Waals surface area contributed by atoms with Crippen LogP contribution < -0.4 is 5.73 Å². The summed E-state index contributed by atoms with van der Waals surface area (Å²) in [6.07, 6.45) is 0. The monoisotopic (exact) mass is 260 g/mol. The van der Waals surface area contributed by atoms with Crippen molar-refractivity contribution < 1.29 is 4.79 Å². The smallest absolute Gasteiger partial charge is 0.273 e. The average Bonchev–Trinajstić information content (AvgIpc) is 2.66. The van der Waals surface area contributed by atoms with Crippen molar-refractivity contribution in [3.63, 3.8) is 0 Å². The van der Waals surface area contributed by atoms with Crippen molar-refractivity contribution in [3.8, 4) is 5.82 Å². The normalized spacial score (nSPS) is 10.5. The van der Waals surface area contributed by atoms with Crippen molar-refractivity contribution >= 4 is 11.6 Å². The first kappa shape index (κ1) is 13.0. The highest BCUT2D eigenvalue weighted by atomic mass is 16.2. The highest BCUT2D eigenvalue weighted by Crippen LogP contribution is 2.17. The van der Waals surface area contributed by atoms with Crippen LogP contribution in [0.4, 0.5) is 5.69 Å². The van der Waals surface area contributed by atoms with Gasteiger partial charge in [-0.15, -0.1) is 10.2 Å². The lowest BCUT2D eigenvalue weighted by Crippen LogP contribution is -2.23. The van der Waals surface area contributed by atoms with Crippen molar-refractivity contribution in [2.45, 2.75) is 13.8 Å². The lowest BCUT2D eigenvalue weighted by atomic mass is 10.3.